The van der Waals surface area contributed by atoms with Crippen LogP contribution in [0.25, 0.3) is 5.82 Å². The molecule has 0 bridgehead atoms. The SMILES string of the molecule is Cc1nnc(NC(=O)C2CCN(c3cc(-n4ccnc4C)ncn3)CC2)s1. The number of imidazole rings is 1. The summed E-state index contributed by atoms with van der Waals surface area (Å²) in [6.07, 6.45) is 6.74. The standard InChI is InChI=1S/C17H20N8OS/c1-11-18-5-8-25(11)15-9-14(19-10-20-15)24-6-3-13(4-7-24)16(26)21-17-23-22-12(2)27-17/h5,8-10,13H,3-4,6-7H2,1-2H3,(H,21,23,26). The summed E-state index contributed by atoms with van der Waals surface area (Å²) >= 11 is 1.39. The van der Waals surface area contributed by atoms with E-state index in [0.717, 1.165) is 48.4 Å². The van der Waals surface area contributed by atoms with Crippen LogP contribution in [0, 0.1) is 19.8 Å². The van der Waals surface area contributed by atoms with Crippen LogP contribution in [0.2, 0.25) is 0 Å². The maximum Gasteiger partial charge on any atom is 0.229 e. The van der Waals surface area contributed by atoms with Crippen LogP contribution >= 0.6 is 11.3 Å². The highest BCUT2D eigenvalue weighted by Crippen LogP contribution is 2.24. The van der Waals surface area contributed by atoms with E-state index in [2.05, 4.69) is 35.4 Å². The van der Waals surface area contributed by atoms with Gasteiger partial charge < -0.3 is 10.2 Å². The number of hydrogen-bond donors (Lipinski definition) is 1. The molecule has 1 aliphatic heterocycles. The molecule has 4 heterocycles. The number of carbonyl (C=O) groups is 1. The second-order valence-electron chi connectivity index (χ2n) is 6.46. The fourth-order valence-corrected chi connectivity index (χ4v) is 3.78. The predicted molar refractivity (Wildman–Crippen MR) is 102 cm³/mol. The first-order chi connectivity index (χ1) is 13.1. The Morgan fingerprint density at radius 3 is 2.59 bits per heavy atom. The maximum atomic E-state index is 12.4. The zero-order valence-corrected chi connectivity index (χ0v) is 16.0. The van der Waals surface area contributed by atoms with Crippen LogP contribution in [0.5, 0.6) is 0 Å². The fraction of sp³-hybridized carbons (Fsp3) is 0.412. The topological polar surface area (TPSA) is 102 Å². The summed E-state index contributed by atoms with van der Waals surface area (Å²) in [5.41, 5.74) is 0. The van der Waals surface area contributed by atoms with E-state index < -0.39 is 0 Å². The van der Waals surface area contributed by atoms with Crippen molar-refractivity contribution in [3.05, 3.63) is 35.6 Å². The number of aromatic nitrogens is 6. The number of hydrogen-bond acceptors (Lipinski definition) is 8. The van der Waals surface area contributed by atoms with Crippen molar-refractivity contribution in [1.29, 1.82) is 0 Å². The average molecular weight is 384 g/mol. The molecule has 0 radical (unpaired) electrons. The van der Waals surface area contributed by atoms with Gasteiger partial charge in [-0.1, -0.05) is 11.3 Å². The van der Waals surface area contributed by atoms with Gasteiger partial charge in [0.05, 0.1) is 0 Å². The van der Waals surface area contributed by atoms with E-state index in [0.29, 0.717) is 5.13 Å². The summed E-state index contributed by atoms with van der Waals surface area (Å²) in [4.78, 5) is 27.6. The molecule has 1 aliphatic rings. The quantitative estimate of drug-likeness (QED) is 0.734. The third kappa shape index (κ3) is 3.80. The van der Waals surface area contributed by atoms with Crippen LogP contribution in [0.4, 0.5) is 10.9 Å². The molecule has 10 heteroatoms. The number of anilines is 2. The van der Waals surface area contributed by atoms with Gasteiger partial charge in [0.15, 0.2) is 0 Å². The second-order valence-corrected chi connectivity index (χ2v) is 7.64. The van der Waals surface area contributed by atoms with Crippen molar-refractivity contribution in [2.75, 3.05) is 23.3 Å². The van der Waals surface area contributed by atoms with Crippen LogP contribution < -0.4 is 10.2 Å². The van der Waals surface area contributed by atoms with Gasteiger partial charge in [-0.2, -0.15) is 0 Å². The lowest BCUT2D eigenvalue weighted by atomic mass is 9.96. The molecule has 3 aromatic rings. The molecule has 27 heavy (non-hydrogen) atoms. The largest absolute Gasteiger partial charge is 0.356 e. The molecule has 0 atom stereocenters. The number of piperidine rings is 1. The Hall–Kier alpha value is -2.88. The van der Waals surface area contributed by atoms with E-state index in [1.165, 1.54) is 11.3 Å². The minimum Gasteiger partial charge on any atom is -0.356 e. The molecule has 1 fully saturated rings. The van der Waals surface area contributed by atoms with Crippen molar-refractivity contribution in [2.24, 2.45) is 5.92 Å². The molecule has 0 aromatic carbocycles. The molecule has 1 amide bonds. The molecular weight excluding hydrogens is 364 g/mol. The molecular formula is C17H20N8OS. The second kappa shape index (κ2) is 7.39. The number of aryl methyl sites for hydroxylation is 2. The first-order valence-electron chi connectivity index (χ1n) is 8.78. The lowest BCUT2D eigenvalue weighted by molar-refractivity contribution is -0.120. The molecule has 4 rings (SSSR count). The van der Waals surface area contributed by atoms with Gasteiger partial charge in [-0.15, -0.1) is 10.2 Å². The molecule has 1 saturated heterocycles. The zero-order valence-electron chi connectivity index (χ0n) is 15.2. The van der Waals surface area contributed by atoms with E-state index in [9.17, 15) is 4.79 Å². The zero-order chi connectivity index (χ0) is 18.8. The average Bonchev–Trinajstić information content (AvgIpc) is 3.30. The summed E-state index contributed by atoms with van der Waals surface area (Å²) in [6.45, 7) is 5.34. The van der Waals surface area contributed by atoms with Gasteiger partial charge >= 0.3 is 0 Å². The molecule has 3 aromatic heterocycles. The number of amides is 1. The molecule has 140 valence electrons. The van der Waals surface area contributed by atoms with E-state index in [4.69, 9.17) is 0 Å². The number of nitrogens with zero attached hydrogens (tertiary/aromatic N) is 7. The van der Waals surface area contributed by atoms with Crippen molar-refractivity contribution in [3.8, 4) is 5.82 Å². The van der Waals surface area contributed by atoms with Crippen molar-refractivity contribution >= 4 is 28.2 Å². The number of rotatable bonds is 4. The summed E-state index contributed by atoms with van der Waals surface area (Å²) < 4.78 is 1.93. The Morgan fingerprint density at radius 2 is 1.93 bits per heavy atom. The summed E-state index contributed by atoms with van der Waals surface area (Å²) in [6, 6.07) is 1.96. The van der Waals surface area contributed by atoms with Crippen LogP contribution in [0.1, 0.15) is 23.7 Å². The van der Waals surface area contributed by atoms with E-state index in [-0.39, 0.29) is 11.8 Å². The Morgan fingerprint density at radius 1 is 1.15 bits per heavy atom. The highest BCUT2D eigenvalue weighted by molar-refractivity contribution is 7.15. The van der Waals surface area contributed by atoms with Gasteiger partial charge in [0.2, 0.25) is 11.0 Å². The Bertz CT molecular complexity index is 944. The molecule has 0 saturated carbocycles. The van der Waals surface area contributed by atoms with Crippen molar-refractivity contribution in [2.45, 2.75) is 26.7 Å². The first-order valence-corrected chi connectivity index (χ1v) is 9.60. The normalized spacial score (nSPS) is 15.1. The predicted octanol–water partition coefficient (Wildman–Crippen LogP) is 1.99. The third-order valence-corrected chi connectivity index (χ3v) is 5.41. The van der Waals surface area contributed by atoms with Gasteiger partial charge in [0.1, 0.15) is 28.8 Å². The first kappa shape index (κ1) is 17.5. The van der Waals surface area contributed by atoms with Crippen LogP contribution in [-0.2, 0) is 4.79 Å². The molecule has 1 N–H and O–H groups in total. The van der Waals surface area contributed by atoms with E-state index in [1.54, 1.807) is 12.5 Å². The molecule has 9 nitrogen and oxygen atoms in total. The number of carbonyl (C=O) groups excluding carboxylic acids is 1. The van der Waals surface area contributed by atoms with Crippen molar-refractivity contribution < 1.29 is 4.79 Å². The minimum absolute atomic E-state index is 0.0169. The van der Waals surface area contributed by atoms with Crippen LogP contribution in [0.15, 0.2) is 24.8 Å². The van der Waals surface area contributed by atoms with Gasteiger partial charge in [-0.3, -0.25) is 9.36 Å². The van der Waals surface area contributed by atoms with Gasteiger partial charge in [-0.05, 0) is 26.7 Å². The lowest BCUT2D eigenvalue weighted by Gasteiger charge is -2.32. The molecule has 0 unspecified atom stereocenters. The Kier molecular flexibility index (Phi) is 4.80. The van der Waals surface area contributed by atoms with Gasteiger partial charge in [0, 0.05) is 37.5 Å². The summed E-state index contributed by atoms with van der Waals surface area (Å²) in [5.74, 6) is 2.53. The fourth-order valence-electron chi connectivity index (χ4n) is 3.19. The van der Waals surface area contributed by atoms with Gasteiger partial charge in [0.25, 0.3) is 0 Å². The number of nitrogens with one attached hydrogen (secondary N) is 1. The Balaban J connectivity index is 1.39. The monoisotopic (exact) mass is 384 g/mol. The van der Waals surface area contributed by atoms with E-state index in [1.807, 2.05) is 30.7 Å². The minimum atomic E-state index is -0.0253. The highest BCUT2D eigenvalue weighted by atomic mass is 32.1. The maximum absolute atomic E-state index is 12.4. The molecule has 0 aliphatic carbocycles. The lowest BCUT2D eigenvalue weighted by Crippen LogP contribution is -2.38. The van der Waals surface area contributed by atoms with Crippen molar-refractivity contribution in [3.63, 3.8) is 0 Å². The van der Waals surface area contributed by atoms with Crippen LogP contribution in [0.3, 0.4) is 0 Å². The van der Waals surface area contributed by atoms with Crippen LogP contribution in [-0.4, -0.2) is 48.7 Å². The smallest absolute Gasteiger partial charge is 0.229 e. The third-order valence-electron chi connectivity index (χ3n) is 4.66. The summed E-state index contributed by atoms with van der Waals surface area (Å²) in [5, 5.41) is 12.2. The Labute approximate surface area is 160 Å². The van der Waals surface area contributed by atoms with Crippen molar-refractivity contribution in [1.82, 2.24) is 29.7 Å². The molecule has 0 spiro atoms. The van der Waals surface area contributed by atoms with Gasteiger partial charge in [-0.25, -0.2) is 15.0 Å². The summed E-state index contributed by atoms with van der Waals surface area (Å²) in [7, 11) is 0. The van der Waals surface area contributed by atoms with E-state index >= 15 is 0 Å². The highest BCUT2D eigenvalue weighted by Gasteiger charge is 2.26.